The summed E-state index contributed by atoms with van der Waals surface area (Å²) in [6.07, 6.45) is 5.71. The molecule has 0 aromatic heterocycles. The molecule has 0 atom stereocenters. The van der Waals surface area contributed by atoms with Crippen LogP contribution in [0.5, 0.6) is 0 Å². The van der Waals surface area contributed by atoms with Gasteiger partial charge in [-0.3, -0.25) is 9.80 Å². The Kier molecular flexibility index (Phi) is 4.83. The number of ether oxygens (including phenoxy) is 1. The monoisotopic (exact) mass is 240 g/mol. The first kappa shape index (κ1) is 13.3. The summed E-state index contributed by atoms with van der Waals surface area (Å²) >= 11 is 0. The van der Waals surface area contributed by atoms with Crippen LogP contribution in [0, 0.1) is 0 Å². The molecule has 1 heterocycles. The van der Waals surface area contributed by atoms with Gasteiger partial charge >= 0.3 is 0 Å². The molecule has 0 radical (unpaired) electrons. The van der Waals surface area contributed by atoms with Gasteiger partial charge in [0.2, 0.25) is 0 Å². The Labute approximate surface area is 106 Å². The van der Waals surface area contributed by atoms with Gasteiger partial charge in [-0.1, -0.05) is 0 Å². The lowest BCUT2D eigenvalue weighted by atomic mass is 9.91. The van der Waals surface area contributed by atoms with Crippen LogP contribution in [0.4, 0.5) is 0 Å². The fourth-order valence-electron chi connectivity index (χ4n) is 3.27. The molecule has 3 heteroatoms. The molecule has 0 N–H and O–H groups in total. The number of nitrogens with zero attached hydrogens (tertiary/aromatic N) is 2. The van der Waals surface area contributed by atoms with Crippen LogP contribution in [-0.4, -0.2) is 61.3 Å². The topological polar surface area (TPSA) is 15.7 Å². The van der Waals surface area contributed by atoms with E-state index in [2.05, 4.69) is 23.6 Å². The first-order valence-electron chi connectivity index (χ1n) is 7.21. The molecule has 1 aliphatic heterocycles. The zero-order valence-corrected chi connectivity index (χ0v) is 11.7. The molecule has 2 aliphatic rings. The predicted octanol–water partition coefficient (Wildman–Crippen LogP) is 1.97. The van der Waals surface area contributed by atoms with Crippen molar-refractivity contribution in [3.05, 3.63) is 0 Å². The average molecular weight is 240 g/mol. The summed E-state index contributed by atoms with van der Waals surface area (Å²) < 4.78 is 5.45. The van der Waals surface area contributed by atoms with Crippen LogP contribution in [0.1, 0.15) is 39.5 Å². The summed E-state index contributed by atoms with van der Waals surface area (Å²) in [6.45, 7) is 9.64. The second-order valence-electron chi connectivity index (χ2n) is 5.83. The van der Waals surface area contributed by atoms with E-state index in [4.69, 9.17) is 4.74 Å². The van der Waals surface area contributed by atoms with Crippen LogP contribution in [-0.2, 0) is 4.74 Å². The highest BCUT2D eigenvalue weighted by Crippen LogP contribution is 2.25. The third-order valence-electron chi connectivity index (χ3n) is 4.57. The molecule has 17 heavy (non-hydrogen) atoms. The minimum Gasteiger partial charge on any atom is -0.381 e. The van der Waals surface area contributed by atoms with E-state index >= 15 is 0 Å². The standard InChI is InChI=1S/C14H28N2O/c1-12(2)15-8-10-16(11-9-15)13-4-6-14(17-3)7-5-13/h12-14H,4-11H2,1-3H3/t13-,14+. The molecule has 0 aromatic carbocycles. The second kappa shape index (κ2) is 6.17. The van der Waals surface area contributed by atoms with Crippen LogP contribution in [0.3, 0.4) is 0 Å². The lowest BCUT2D eigenvalue weighted by Gasteiger charge is -2.42. The average Bonchev–Trinajstić information content (AvgIpc) is 2.39. The zero-order chi connectivity index (χ0) is 12.3. The summed E-state index contributed by atoms with van der Waals surface area (Å²) in [5, 5.41) is 0. The van der Waals surface area contributed by atoms with Gasteiger partial charge in [0, 0.05) is 45.4 Å². The van der Waals surface area contributed by atoms with Gasteiger partial charge < -0.3 is 4.74 Å². The molecular weight excluding hydrogens is 212 g/mol. The number of hydrogen-bond donors (Lipinski definition) is 0. The summed E-state index contributed by atoms with van der Waals surface area (Å²) in [7, 11) is 1.85. The van der Waals surface area contributed by atoms with Gasteiger partial charge in [0.05, 0.1) is 6.10 Å². The maximum Gasteiger partial charge on any atom is 0.0572 e. The van der Waals surface area contributed by atoms with E-state index in [9.17, 15) is 0 Å². The zero-order valence-electron chi connectivity index (χ0n) is 11.7. The first-order valence-corrected chi connectivity index (χ1v) is 7.21. The molecule has 2 rings (SSSR count). The van der Waals surface area contributed by atoms with E-state index in [1.165, 1.54) is 51.9 Å². The van der Waals surface area contributed by atoms with Crippen LogP contribution < -0.4 is 0 Å². The minimum absolute atomic E-state index is 0.531. The van der Waals surface area contributed by atoms with Crippen LogP contribution in [0.15, 0.2) is 0 Å². The Morgan fingerprint density at radius 2 is 1.53 bits per heavy atom. The molecular formula is C14H28N2O. The summed E-state index contributed by atoms with van der Waals surface area (Å²) in [6, 6.07) is 1.54. The maximum absolute atomic E-state index is 5.45. The number of rotatable bonds is 3. The van der Waals surface area contributed by atoms with E-state index in [0.29, 0.717) is 12.1 Å². The highest BCUT2D eigenvalue weighted by Gasteiger charge is 2.28. The SMILES string of the molecule is CO[C@H]1CC[C@@H](N2CCN(C(C)C)CC2)CC1. The van der Waals surface area contributed by atoms with E-state index in [-0.39, 0.29) is 0 Å². The molecule has 0 bridgehead atoms. The molecule has 0 spiro atoms. The smallest absolute Gasteiger partial charge is 0.0572 e. The van der Waals surface area contributed by atoms with Gasteiger partial charge in [0.1, 0.15) is 0 Å². The maximum atomic E-state index is 5.45. The van der Waals surface area contributed by atoms with Crippen LogP contribution in [0.2, 0.25) is 0 Å². The Morgan fingerprint density at radius 1 is 0.941 bits per heavy atom. The Morgan fingerprint density at radius 3 is 2.00 bits per heavy atom. The Bertz CT molecular complexity index is 216. The molecule has 1 saturated heterocycles. The number of hydrogen-bond acceptors (Lipinski definition) is 3. The number of piperazine rings is 1. The van der Waals surface area contributed by atoms with Gasteiger partial charge in [-0.2, -0.15) is 0 Å². The Balaban J connectivity index is 1.74. The van der Waals surface area contributed by atoms with Gasteiger partial charge in [-0.05, 0) is 39.5 Å². The minimum atomic E-state index is 0.531. The molecule has 3 nitrogen and oxygen atoms in total. The van der Waals surface area contributed by atoms with Crippen molar-refractivity contribution in [2.45, 2.75) is 57.7 Å². The highest BCUT2D eigenvalue weighted by atomic mass is 16.5. The second-order valence-corrected chi connectivity index (χ2v) is 5.83. The van der Waals surface area contributed by atoms with E-state index in [1.807, 2.05) is 7.11 Å². The highest BCUT2D eigenvalue weighted by molar-refractivity contribution is 4.84. The molecule has 1 saturated carbocycles. The van der Waals surface area contributed by atoms with Crippen LogP contribution >= 0.6 is 0 Å². The third-order valence-corrected chi connectivity index (χ3v) is 4.57. The van der Waals surface area contributed by atoms with Crippen molar-refractivity contribution in [2.75, 3.05) is 33.3 Å². The normalized spacial score (nSPS) is 33.2. The fourth-order valence-corrected chi connectivity index (χ4v) is 3.27. The largest absolute Gasteiger partial charge is 0.381 e. The predicted molar refractivity (Wildman–Crippen MR) is 71.3 cm³/mol. The molecule has 0 aromatic rings. The van der Waals surface area contributed by atoms with Crippen molar-refractivity contribution in [1.29, 1.82) is 0 Å². The van der Waals surface area contributed by atoms with Crippen molar-refractivity contribution in [1.82, 2.24) is 9.80 Å². The summed E-state index contributed by atoms with van der Waals surface area (Å²) in [5.74, 6) is 0. The number of methoxy groups -OCH3 is 1. The molecule has 1 aliphatic carbocycles. The van der Waals surface area contributed by atoms with E-state index in [0.717, 1.165) is 6.04 Å². The molecule has 100 valence electrons. The van der Waals surface area contributed by atoms with Crippen molar-refractivity contribution < 1.29 is 4.74 Å². The molecule has 0 unspecified atom stereocenters. The van der Waals surface area contributed by atoms with Crippen molar-refractivity contribution in [3.63, 3.8) is 0 Å². The lowest BCUT2D eigenvalue weighted by molar-refractivity contribution is 0.0184. The molecule has 0 amide bonds. The van der Waals surface area contributed by atoms with Crippen LogP contribution in [0.25, 0.3) is 0 Å². The van der Waals surface area contributed by atoms with Crippen molar-refractivity contribution in [2.24, 2.45) is 0 Å². The third kappa shape index (κ3) is 3.43. The van der Waals surface area contributed by atoms with E-state index < -0.39 is 0 Å². The van der Waals surface area contributed by atoms with Gasteiger partial charge in [0.15, 0.2) is 0 Å². The Hall–Kier alpha value is -0.120. The molecule has 2 fully saturated rings. The summed E-state index contributed by atoms with van der Waals surface area (Å²) in [5.41, 5.74) is 0. The van der Waals surface area contributed by atoms with Crippen molar-refractivity contribution >= 4 is 0 Å². The van der Waals surface area contributed by atoms with Gasteiger partial charge in [0.25, 0.3) is 0 Å². The summed E-state index contributed by atoms with van der Waals surface area (Å²) in [4.78, 5) is 5.31. The quantitative estimate of drug-likeness (QED) is 0.750. The van der Waals surface area contributed by atoms with Gasteiger partial charge in [-0.15, -0.1) is 0 Å². The fraction of sp³-hybridized carbons (Fsp3) is 1.00. The van der Waals surface area contributed by atoms with E-state index in [1.54, 1.807) is 0 Å². The lowest BCUT2D eigenvalue weighted by Crippen LogP contribution is -2.52. The first-order chi connectivity index (χ1) is 8.20. The van der Waals surface area contributed by atoms with Gasteiger partial charge in [-0.25, -0.2) is 0 Å². The van der Waals surface area contributed by atoms with Crippen molar-refractivity contribution in [3.8, 4) is 0 Å².